The number of carboxylic acids is 2. The lowest BCUT2D eigenvalue weighted by Crippen LogP contribution is -2.53. The van der Waals surface area contributed by atoms with Crippen LogP contribution in [0.15, 0.2) is 165 Å². The average molecular weight is 1520 g/mol. The smallest absolute Gasteiger partial charge is 0.338 e. The number of carbonyl (C=O) groups is 6. The highest BCUT2D eigenvalue weighted by Crippen LogP contribution is 2.42. The van der Waals surface area contributed by atoms with Gasteiger partial charge in [-0.15, -0.1) is 22.7 Å². The highest BCUT2D eigenvalue weighted by molar-refractivity contribution is 7.12. The number of rotatable bonds is 18. The van der Waals surface area contributed by atoms with Crippen LogP contribution in [-0.2, 0) is 19.1 Å². The van der Waals surface area contributed by atoms with Crippen molar-refractivity contribution in [1.29, 1.82) is 0 Å². The number of hydrogen-bond acceptors (Lipinski definition) is 20. The van der Waals surface area contributed by atoms with E-state index in [1.54, 1.807) is 51.8 Å². The molecule has 104 heavy (non-hydrogen) atoms. The van der Waals surface area contributed by atoms with E-state index < -0.39 is 65.0 Å². The van der Waals surface area contributed by atoms with Crippen LogP contribution in [-0.4, -0.2) is 179 Å². The maximum absolute atomic E-state index is 14.8. The van der Waals surface area contributed by atoms with Gasteiger partial charge < -0.3 is 49.6 Å². The molecule has 4 saturated heterocycles. The minimum Gasteiger partial charge on any atom is -0.478 e. The lowest BCUT2D eigenvalue weighted by atomic mass is 9.95. The van der Waals surface area contributed by atoms with Crippen molar-refractivity contribution >= 4 is 116 Å². The third-order valence-corrected chi connectivity index (χ3v) is 20.2. The number of benzene rings is 6. The second kappa shape index (κ2) is 30.4. The van der Waals surface area contributed by atoms with Crippen LogP contribution in [0.4, 0.5) is 42.9 Å². The van der Waals surface area contributed by atoms with Crippen molar-refractivity contribution in [3.05, 3.63) is 231 Å². The summed E-state index contributed by atoms with van der Waals surface area (Å²) >= 11 is 21.9. The number of nitrogens with zero attached hydrogens (tertiary/aromatic N) is 10. The Labute approximate surface area is 611 Å². The van der Waals surface area contributed by atoms with Crippen molar-refractivity contribution in [1.82, 2.24) is 40.2 Å². The second-order valence-corrected chi connectivity index (χ2v) is 27.1. The number of esters is 2. The summed E-state index contributed by atoms with van der Waals surface area (Å²) in [4.78, 5) is 105. The SMILES string of the molecule is COC(=O)C1=C(CN2CCN3C(=O)N(c4cc(F)cc(Oc5ccc(C(=O)O)cc5F)c4)C[C@@H]3C2)NC(c2nccs2)=N[C@H]1c1ccc(Cl)cc1Cl.COC(=O)C1=C(CN2CCN3C(=O)N(c4cc(F)cc(Oc5ccc(C(=O)O)cc5F)c4)C[C@@H]3C2)NC(c2nccs2)=N[C@H]1c1cccc(F)c1Cl. The van der Waals surface area contributed by atoms with E-state index in [-0.39, 0.29) is 118 Å². The number of aliphatic imine (C=N–C) groups is 2. The molecule has 536 valence electrons. The van der Waals surface area contributed by atoms with Gasteiger partial charge in [-0.3, -0.25) is 29.6 Å². The molecule has 6 aliphatic heterocycles. The summed E-state index contributed by atoms with van der Waals surface area (Å²) < 4.78 is 95.0. The molecule has 4 amide bonds. The number of halogens is 8. The average Bonchev–Trinajstić information content (AvgIpc) is 1.29. The maximum atomic E-state index is 14.8. The number of amidine groups is 2. The fraction of sp³-hybridized carbons (Fsp3) is 0.229. The first-order valence-electron chi connectivity index (χ1n) is 31.6. The molecule has 8 heterocycles. The Hall–Kier alpha value is -10.5. The van der Waals surface area contributed by atoms with Crippen LogP contribution in [0, 0.1) is 29.1 Å². The van der Waals surface area contributed by atoms with Gasteiger partial charge in [0.2, 0.25) is 0 Å². The molecule has 0 saturated carbocycles. The molecule has 0 spiro atoms. The summed E-state index contributed by atoms with van der Waals surface area (Å²) in [5, 5.41) is 30.1. The highest BCUT2D eigenvalue weighted by Gasteiger charge is 2.45. The molecule has 4 atom stereocenters. The van der Waals surface area contributed by atoms with E-state index in [2.05, 4.69) is 25.5 Å². The Bertz CT molecular complexity index is 4900. The number of amides is 4. The van der Waals surface area contributed by atoms with Gasteiger partial charge in [-0.2, -0.15) is 0 Å². The number of anilines is 2. The monoisotopic (exact) mass is 1520 g/mol. The van der Waals surface area contributed by atoms with Gasteiger partial charge in [-0.1, -0.05) is 53.0 Å². The lowest BCUT2D eigenvalue weighted by molar-refractivity contribution is -0.137. The first-order chi connectivity index (χ1) is 50.0. The van der Waals surface area contributed by atoms with Gasteiger partial charge in [0, 0.05) is 145 Å². The third kappa shape index (κ3) is 15.1. The van der Waals surface area contributed by atoms with Gasteiger partial charge in [0.15, 0.2) is 44.8 Å². The van der Waals surface area contributed by atoms with Crippen molar-refractivity contribution in [3.63, 3.8) is 0 Å². The van der Waals surface area contributed by atoms with Crippen LogP contribution in [0.3, 0.4) is 0 Å². The van der Waals surface area contributed by atoms with Crippen LogP contribution >= 0.6 is 57.5 Å². The molecule has 0 aliphatic carbocycles. The second-order valence-electron chi connectivity index (χ2n) is 24.1. The number of carbonyl (C=O) groups excluding carboxylic acids is 4. The Morgan fingerprint density at radius 3 is 1.45 bits per heavy atom. The molecule has 34 heteroatoms. The number of ether oxygens (including phenoxy) is 4. The molecule has 14 rings (SSSR count). The largest absolute Gasteiger partial charge is 0.478 e. The Kier molecular flexibility index (Phi) is 21.0. The minimum atomic E-state index is -1.32. The molecule has 4 fully saturated rings. The number of methoxy groups -OCH3 is 2. The molecule has 8 aromatic rings. The zero-order chi connectivity index (χ0) is 73.4. The zero-order valence-electron chi connectivity index (χ0n) is 54.4. The Balaban J connectivity index is 0.000000185. The number of piperazine rings is 2. The summed E-state index contributed by atoms with van der Waals surface area (Å²) in [6.07, 6.45) is 3.26. The predicted molar refractivity (Wildman–Crippen MR) is 374 cm³/mol. The zero-order valence-corrected chi connectivity index (χ0v) is 58.3. The fourth-order valence-corrected chi connectivity index (χ4v) is 14.8. The quantitative estimate of drug-likeness (QED) is 0.0459. The number of fused-ring (bicyclic) bond motifs is 2. The summed E-state index contributed by atoms with van der Waals surface area (Å²) in [6, 6.07) is 19.5. The van der Waals surface area contributed by atoms with Crippen molar-refractivity contribution in [2.75, 3.05) is 89.5 Å². The lowest BCUT2D eigenvalue weighted by Gasteiger charge is -2.38. The van der Waals surface area contributed by atoms with E-state index in [0.29, 0.717) is 88.0 Å². The first kappa shape index (κ1) is 71.8. The first-order valence-corrected chi connectivity index (χ1v) is 34.5. The van der Waals surface area contributed by atoms with E-state index in [9.17, 15) is 50.7 Å². The van der Waals surface area contributed by atoms with Gasteiger partial charge in [0.1, 0.15) is 41.0 Å². The minimum absolute atomic E-state index is 0.0741. The number of urea groups is 2. The van der Waals surface area contributed by atoms with Crippen molar-refractivity contribution in [3.8, 4) is 23.0 Å². The predicted octanol–water partition coefficient (Wildman–Crippen LogP) is 12.2. The molecular weight excluding hydrogens is 1470 g/mol. The number of aromatic nitrogens is 2. The molecule has 4 N–H and O–H groups in total. The van der Waals surface area contributed by atoms with E-state index in [0.717, 1.165) is 42.5 Å². The van der Waals surface area contributed by atoms with Crippen molar-refractivity contribution in [2.24, 2.45) is 9.98 Å². The molecule has 6 aromatic carbocycles. The van der Waals surface area contributed by atoms with Gasteiger partial charge in [0.05, 0.1) is 65.0 Å². The summed E-state index contributed by atoms with van der Waals surface area (Å²) in [5.41, 5.74) is 2.06. The Morgan fingerprint density at radius 1 is 0.558 bits per heavy atom. The van der Waals surface area contributed by atoms with Crippen LogP contribution in [0.25, 0.3) is 0 Å². The molecule has 0 radical (unpaired) electrons. The van der Waals surface area contributed by atoms with Gasteiger partial charge in [-0.05, 0) is 66.7 Å². The van der Waals surface area contributed by atoms with Gasteiger partial charge in [0.25, 0.3) is 0 Å². The Morgan fingerprint density at radius 2 is 1.03 bits per heavy atom. The van der Waals surface area contributed by atoms with E-state index in [4.69, 9.17) is 73.9 Å². The van der Waals surface area contributed by atoms with Crippen LogP contribution in [0.1, 0.15) is 53.9 Å². The fourth-order valence-electron chi connectivity index (χ4n) is 12.9. The van der Waals surface area contributed by atoms with Crippen LogP contribution < -0.4 is 29.9 Å². The van der Waals surface area contributed by atoms with Gasteiger partial charge >= 0.3 is 35.9 Å². The molecular formula is C70H56Cl3F5N12O12S2. The number of nitrogens with one attached hydrogen (secondary N) is 2. The highest BCUT2D eigenvalue weighted by atomic mass is 35.5. The summed E-state index contributed by atoms with van der Waals surface area (Å²) in [5.74, 6) is -7.86. The molecule has 2 aromatic heterocycles. The summed E-state index contributed by atoms with van der Waals surface area (Å²) in [7, 11) is 2.53. The topological polar surface area (TPSA) is 274 Å². The van der Waals surface area contributed by atoms with Crippen molar-refractivity contribution < 1.29 is 79.9 Å². The third-order valence-electron chi connectivity index (χ3n) is 17.7. The van der Waals surface area contributed by atoms with Gasteiger partial charge in [-0.25, -0.2) is 60.7 Å². The van der Waals surface area contributed by atoms with Crippen LogP contribution in [0.2, 0.25) is 15.1 Å². The standard InChI is InChI=1S/C35H28Cl2F2N6O6S.C35H28ClF3N6O6S/c1-50-34(48)29-27(41-31(32-40-6-9-52-32)42-30(29)24-4-3-19(36)11-25(24)37)17-43-7-8-44-22(15-43)16-45(35(44)49)21-12-20(38)13-23(14-21)51-28-5-2-18(33(46)47)10-26(28)39;1-50-34(48)28-26(41-31(32-40-7-10-52-32)42-30(28)23-3-2-4-24(38)29(23)36)17-43-8-9-44-21(15-43)16-45(35(44)49)20-12-19(37)13-22(14-20)51-27-6-5-18(33(46)47)11-25(27)39/h2-6,9-14,22,30H,7-8,15-17H2,1H3,(H,41,42)(H,46,47);2-7,10-14,21,30H,8-9,15-17H2,1H3,(H,41,42)(H,46,47)/t22-,30-;21-,30-/m00/s1. The molecule has 0 unspecified atom stereocenters. The number of thiazole rings is 2. The maximum Gasteiger partial charge on any atom is 0.338 e. The van der Waals surface area contributed by atoms with Crippen molar-refractivity contribution in [2.45, 2.75) is 24.2 Å². The van der Waals surface area contributed by atoms with E-state index in [1.807, 2.05) is 10.3 Å². The molecule has 6 aliphatic rings. The molecule has 24 nitrogen and oxygen atoms in total. The van der Waals surface area contributed by atoms with E-state index in [1.165, 1.54) is 89.2 Å². The molecule has 0 bridgehead atoms. The number of aromatic carboxylic acids is 2. The number of hydrogen-bond donors (Lipinski definition) is 4. The number of carboxylic acid groups (broad SMARTS) is 2. The van der Waals surface area contributed by atoms with Crippen LogP contribution in [0.5, 0.6) is 23.0 Å². The summed E-state index contributed by atoms with van der Waals surface area (Å²) in [6.45, 7) is 3.17. The normalized spacial score (nSPS) is 18.9. The van der Waals surface area contributed by atoms with E-state index >= 15 is 0 Å².